The van der Waals surface area contributed by atoms with E-state index in [1.165, 1.54) is 22.3 Å². The Bertz CT molecular complexity index is 1020. The molecular weight excluding hydrogens is 408 g/mol. The minimum atomic E-state index is -0.791. The van der Waals surface area contributed by atoms with Gasteiger partial charge in [0.15, 0.2) is 0 Å². The van der Waals surface area contributed by atoms with Crippen molar-refractivity contribution in [1.29, 1.82) is 0 Å². The minimum absolute atomic E-state index is 0.0182. The SMILES string of the molecule is O=C(NC[C@H]1C[C@H]1C(=O)NCC1CC1C(=O)O)OCC1c2ccccc2-c2ccccc21. The highest BCUT2D eigenvalue weighted by molar-refractivity contribution is 5.82. The quantitative estimate of drug-likeness (QED) is 0.593. The van der Waals surface area contributed by atoms with Crippen LogP contribution in [-0.2, 0) is 14.3 Å². The lowest BCUT2D eigenvalue weighted by Crippen LogP contribution is -2.31. The van der Waals surface area contributed by atoms with Crippen molar-refractivity contribution in [3.05, 3.63) is 59.7 Å². The van der Waals surface area contributed by atoms with Gasteiger partial charge in [0.1, 0.15) is 6.61 Å². The van der Waals surface area contributed by atoms with Crippen LogP contribution in [0, 0.1) is 23.7 Å². The van der Waals surface area contributed by atoms with Crippen molar-refractivity contribution < 1.29 is 24.2 Å². The van der Waals surface area contributed by atoms with Crippen molar-refractivity contribution >= 4 is 18.0 Å². The minimum Gasteiger partial charge on any atom is -0.481 e. The molecule has 5 rings (SSSR count). The smallest absolute Gasteiger partial charge is 0.407 e. The highest BCUT2D eigenvalue weighted by atomic mass is 16.5. The summed E-state index contributed by atoms with van der Waals surface area (Å²) >= 11 is 0. The summed E-state index contributed by atoms with van der Waals surface area (Å²) < 4.78 is 5.53. The van der Waals surface area contributed by atoms with Gasteiger partial charge in [-0.15, -0.1) is 0 Å². The molecule has 2 fully saturated rings. The Morgan fingerprint density at radius 1 is 0.844 bits per heavy atom. The number of nitrogens with one attached hydrogen (secondary N) is 2. The number of carbonyl (C=O) groups excluding carboxylic acids is 2. The Balaban J connectivity index is 1.06. The first kappa shape index (κ1) is 20.5. The third-order valence-electron chi connectivity index (χ3n) is 6.89. The second kappa shape index (κ2) is 8.30. The fraction of sp³-hybridized carbons (Fsp3) is 0.400. The van der Waals surface area contributed by atoms with E-state index in [0.29, 0.717) is 19.5 Å². The van der Waals surface area contributed by atoms with Crippen LogP contribution in [0.3, 0.4) is 0 Å². The molecule has 166 valence electrons. The number of hydrogen-bond donors (Lipinski definition) is 3. The molecule has 3 aliphatic carbocycles. The van der Waals surface area contributed by atoms with Crippen molar-refractivity contribution in [2.45, 2.75) is 18.8 Å². The van der Waals surface area contributed by atoms with E-state index in [9.17, 15) is 14.4 Å². The fourth-order valence-corrected chi connectivity index (χ4v) is 4.80. The van der Waals surface area contributed by atoms with E-state index in [4.69, 9.17) is 9.84 Å². The van der Waals surface area contributed by atoms with E-state index >= 15 is 0 Å². The van der Waals surface area contributed by atoms with E-state index < -0.39 is 12.1 Å². The first-order valence-electron chi connectivity index (χ1n) is 11.1. The molecule has 2 aromatic carbocycles. The molecule has 7 heteroatoms. The van der Waals surface area contributed by atoms with Crippen LogP contribution in [0.4, 0.5) is 4.79 Å². The summed E-state index contributed by atoms with van der Waals surface area (Å²) in [5.41, 5.74) is 4.71. The molecule has 2 amide bonds. The number of benzene rings is 2. The van der Waals surface area contributed by atoms with Crippen molar-refractivity contribution in [3.8, 4) is 11.1 Å². The molecule has 32 heavy (non-hydrogen) atoms. The average Bonchev–Trinajstić information content (AvgIpc) is 3.71. The Hall–Kier alpha value is -3.35. The number of ether oxygens (including phenoxy) is 1. The topological polar surface area (TPSA) is 105 Å². The number of alkyl carbamates (subject to hydrolysis) is 1. The lowest BCUT2D eigenvalue weighted by molar-refractivity contribution is -0.139. The predicted molar refractivity (Wildman–Crippen MR) is 117 cm³/mol. The molecule has 0 spiro atoms. The van der Waals surface area contributed by atoms with Gasteiger partial charge < -0.3 is 20.5 Å². The first-order chi connectivity index (χ1) is 15.5. The summed E-state index contributed by atoms with van der Waals surface area (Å²) in [7, 11) is 0. The molecule has 4 atom stereocenters. The number of aliphatic carboxylic acids is 1. The molecule has 2 saturated carbocycles. The molecule has 2 unspecified atom stereocenters. The summed E-state index contributed by atoms with van der Waals surface area (Å²) in [6.07, 6.45) is 0.885. The Morgan fingerprint density at radius 2 is 1.41 bits per heavy atom. The molecule has 0 bridgehead atoms. The molecule has 0 aliphatic heterocycles. The number of amides is 2. The highest BCUT2D eigenvalue weighted by Gasteiger charge is 2.46. The third kappa shape index (κ3) is 4.07. The van der Waals surface area contributed by atoms with E-state index in [1.54, 1.807) is 0 Å². The monoisotopic (exact) mass is 434 g/mol. The zero-order valence-corrected chi connectivity index (χ0v) is 17.6. The van der Waals surface area contributed by atoms with Crippen molar-refractivity contribution in [1.82, 2.24) is 10.6 Å². The lowest BCUT2D eigenvalue weighted by atomic mass is 9.98. The van der Waals surface area contributed by atoms with E-state index in [-0.39, 0.29) is 42.1 Å². The molecule has 7 nitrogen and oxygen atoms in total. The largest absolute Gasteiger partial charge is 0.481 e. The molecule has 0 radical (unpaired) electrons. The molecule has 2 aromatic rings. The number of carboxylic acid groups (broad SMARTS) is 1. The van der Waals surface area contributed by atoms with Gasteiger partial charge in [-0.2, -0.15) is 0 Å². The van der Waals surface area contributed by atoms with Gasteiger partial charge in [-0.25, -0.2) is 4.79 Å². The van der Waals surface area contributed by atoms with E-state index in [2.05, 4.69) is 34.9 Å². The summed E-state index contributed by atoms with van der Waals surface area (Å²) in [6.45, 7) is 1.08. The number of carbonyl (C=O) groups is 3. The lowest BCUT2D eigenvalue weighted by Gasteiger charge is -2.14. The summed E-state index contributed by atoms with van der Waals surface area (Å²) in [6, 6.07) is 16.4. The van der Waals surface area contributed by atoms with Crippen LogP contribution >= 0.6 is 0 Å². The Kier molecular flexibility index (Phi) is 5.33. The Labute approximate surface area is 186 Å². The van der Waals surface area contributed by atoms with Crippen molar-refractivity contribution in [3.63, 3.8) is 0 Å². The maximum atomic E-state index is 12.3. The van der Waals surface area contributed by atoms with Gasteiger partial charge >= 0.3 is 12.1 Å². The molecule has 3 N–H and O–H groups in total. The van der Waals surface area contributed by atoms with Gasteiger partial charge in [-0.1, -0.05) is 48.5 Å². The number of carboxylic acids is 1. The zero-order chi connectivity index (χ0) is 22.2. The van der Waals surface area contributed by atoms with Crippen LogP contribution in [-0.4, -0.2) is 42.8 Å². The van der Waals surface area contributed by atoms with Gasteiger partial charge in [0.2, 0.25) is 5.91 Å². The van der Waals surface area contributed by atoms with Crippen LogP contribution in [0.25, 0.3) is 11.1 Å². The maximum absolute atomic E-state index is 12.3. The van der Waals surface area contributed by atoms with Crippen molar-refractivity contribution in [2.24, 2.45) is 23.7 Å². The number of rotatable bonds is 8. The zero-order valence-electron chi connectivity index (χ0n) is 17.6. The molecule has 0 saturated heterocycles. The average molecular weight is 434 g/mol. The van der Waals surface area contributed by atoms with E-state index in [0.717, 1.165) is 6.42 Å². The van der Waals surface area contributed by atoms with Gasteiger partial charge in [-0.05, 0) is 46.9 Å². The van der Waals surface area contributed by atoms with Crippen molar-refractivity contribution in [2.75, 3.05) is 19.7 Å². The first-order valence-corrected chi connectivity index (χ1v) is 11.1. The van der Waals surface area contributed by atoms with Crippen LogP contribution in [0.15, 0.2) is 48.5 Å². The summed E-state index contributed by atoms with van der Waals surface area (Å²) in [5, 5.41) is 14.5. The molecular formula is C25H26N2O5. The predicted octanol–water partition coefficient (Wildman–Crippen LogP) is 3.00. The third-order valence-corrected chi connectivity index (χ3v) is 6.89. The second-order valence-electron chi connectivity index (χ2n) is 8.99. The van der Waals surface area contributed by atoms with Gasteiger partial charge in [0.25, 0.3) is 0 Å². The Morgan fingerprint density at radius 3 is 2.03 bits per heavy atom. The van der Waals surface area contributed by atoms with Crippen LogP contribution in [0.1, 0.15) is 29.9 Å². The normalized spacial score (nSPS) is 24.8. The van der Waals surface area contributed by atoms with E-state index in [1.807, 2.05) is 24.3 Å². The van der Waals surface area contributed by atoms with Gasteiger partial charge in [-0.3, -0.25) is 9.59 Å². The van der Waals surface area contributed by atoms with Crippen LogP contribution in [0.2, 0.25) is 0 Å². The number of fused-ring (bicyclic) bond motifs is 3. The fourth-order valence-electron chi connectivity index (χ4n) is 4.80. The summed E-state index contributed by atoms with van der Waals surface area (Å²) in [4.78, 5) is 35.3. The number of hydrogen-bond acceptors (Lipinski definition) is 4. The summed E-state index contributed by atoms with van der Waals surface area (Å²) in [5.74, 6) is -1.12. The van der Waals surface area contributed by atoms with Crippen LogP contribution in [0.5, 0.6) is 0 Å². The highest BCUT2D eigenvalue weighted by Crippen LogP contribution is 2.44. The molecule has 0 aromatic heterocycles. The van der Waals surface area contributed by atoms with Gasteiger partial charge in [0.05, 0.1) is 5.92 Å². The molecule has 0 heterocycles. The van der Waals surface area contributed by atoms with Crippen LogP contribution < -0.4 is 10.6 Å². The maximum Gasteiger partial charge on any atom is 0.407 e. The standard InChI is InChI=1S/C25H26N2O5/c28-23(26-11-15-10-21(15)24(29)30)20-9-14(20)12-27-25(31)32-13-22-18-7-3-1-5-16(18)17-6-2-4-8-19(17)22/h1-8,14-15,20-22H,9-13H2,(H,26,28)(H,27,31)(H,29,30)/t14-,15?,20-,21?/m1/s1. The van der Waals surface area contributed by atoms with Gasteiger partial charge in [0, 0.05) is 24.9 Å². The second-order valence-corrected chi connectivity index (χ2v) is 8.99. The molecule has 3 aliphatic rings.